The summed E-state index contributed by atoms with van der Waals surface area (Å²) in [5, 5.41) is 2.49. The molecule has 5 nitrogen and oxygen atoms in total. The lowest BCUT2D eigenvalue weighted by Crippen LogP contribution is -2.49. The molecule has 0 aromatic heterocycles. The van der Waals surface area contributed by atoms with Crippen LogP contribution in [0.15, 0.2) is 24.3 Å². The summed E-state index contributed by atoms with van der Waals surface area (Å²) >= 11 is 0. The molecule has 8 heteroatoms. The highest BCUT2D eigenvalue weighted by Crippen LogP contribution is 2.29. The Bertz CT molecular complexity index is 566. The standard InChI is InChI=1S/C15H17F3N2O3/c16-15(17,18)10-5-3-9(4-6-10)8-11(13(19)21)20-14(22)12-2-1-7-23-12/h3-6,11-12H,1-2,7-8H2,(H2,19,21)(H,20,22)/t11-,12-/m0/s1. The van der Waals surface area contributed by atoms with Gasteiger partial charge in [-0.2, -0.15) is 13.2 Å². The van der Waals surface area contributed by atoms with E-state index in [2.05, 4.69) is 5.32 Å². The van der Waals surface area contributed by atoms with E-state index in [0.29, 0.717) is 18.6 Å². The fourth-order valence-corrected chi connectivity index (χ4v) is 2.34. The quantitative estimate of drug-likeness (QED) is 0.856. The molecule has 1 fully saturated rings. The highest BCUT2D eigenvalue weighted by molar-refractivity contribution is 5.88. The number of benzene rings is 1. The highest BCUT2D eigenvalue weighted by Gasteiger charge is 2.30. The summed E-state index contributed by atoms with van der Waals surface area (Å²) < 4.78 is 42.7. The first-order valence-corrected chi connectivity index (χ1v) is 7.15. The van der Waals surface area contributed by atoms with Gasteiger partial charge in [-0.05, 0) is 30.5 Å². The Kier molecular flexibility index (Phi) is 5.25. The summed E-state index contributed by atoms with van der Waals surface area (Å²) in [5.74, 6) is -1.19. The van der Waals surface area contributed by atoms with Crippen molar-refractivity contribution in [2.75, 3.05) is 6.61 Å². The molecule has 0 saturated carbocycles. The van der Waals surface area contributed by atoms with Crippen LogP contribution in [0.4, 0.5) is 13.2 Å². The molecule has 1 aromatic carbocycles. The maximum absolute atomic E-state index is 12.5. The van der Waals surface area contributed by atoms with Gasteiger partial charge in [-0.25, -0.2) is 0 Å². The number of halogens is 3. The highest BCUT2D eigenvalue weighted by atomic mass is 19.4. The van der Waals surface area contributed by atoms with Crippen molar-refractivity contribution < 1.29 is 27.5 Å². The number of hydrogen-bond acceptors (Lipinski definition) is 3. The van der Waals surface area contributed by atoms with Crippen molar-refractivity contribution in [1.82, 2.24) is 5.32 Å². The molecular weight excluding hydrogens is 313 g/mol. The molecule has 0 spiro atoms. The van der Waals surface area contributed by atoms with E-state index < -0.39 is 35.7 Å². The number of amides is 2. The van der Waals surface area contributed by atoms with Gasteiger partial charge in [0, 0.05) is 13.0 Å². The first-order chi connectivity index (χ1) is 10.8. The van der Waals surface area contributed by atoms with Crippen molar-refractivity contribution in [3.05, 3.63) is 35.4 Å². The number of nitrogens with two attached hydrogens (primary N) is 1. The number of carbonyl (C=O) groups excluding carboxylic acids is 2. The van der Waals surface area contributed by atoms with E-state index in [4.69, 9.17) is 10.5 Å². The topological polar surface area (TPSA) is 81.4 Å². The molecule has 2 rings (SSSR count). The van der Waals surface area contributed by atoms with Crippen LogP contribution in [0.3, 0.4) is 0 Å². The third-order valence-electron chi connectivity index (χ3n) is 3.60. The van der Waals surface area contributed by atoms with Gasteiger partial charge >= 0.3 is 6.18 Å². The molecule has 23 heavy (non-hydrogen) atoms. The van der Waals surface area contributed by atoms with E-state index in [1.54, 1.807) is 0 Å². The normalized spacial score (nSPS) is 19.3. The van der Waals surface area contributed by atoms with Crippen LogP contribution in [0.5, 0.6) is 0 Å². The smallest absolute Gasteiger partial charge is 0.368 e. The maximum atomic E-state index is 12.5. The number of nitrogens with one attached hydrogen (secondary N) is 1. The van der Waals surface area contributed by atoms with Crippen molar-refractivity contribution >= 4 is 11.8 Å². The Balaban J connectivity index is 2.01. The summed E-state index contributed by atoms with van der Waals surface area (Å²) in [5.41, 5.74) is 4.95. The molecule has 1 heterocycles. The molecular formula is C15H17F3N2O3. The molecule has 2 atom stereocenters. The number of ether oxygens (including phenoxy) is 1. The number of primary amides is 1. The molecule has 1 aliphatic heterocycles. The molecule has 1 aromatic rings. The van der Waals surface area contributed by atoms with Crippen LogP contribution < -0.4 is 11.1 Å². The van der Waals surface area contributed by atoms with E-state index in [9.17, 15) is 22.8 Å². The summed E-state index contributed by atoms with van der Waals surface area (Å²) in [7, 11) is 0. The van der Waals surface area contributed by atoms with E-state index >= 15 is 0 Å². The Labute approximate surface area is 131 Å². The van der Waals surface area contributed by atoms with Crippen molar-refractivity contribution in [1.29, 1.82) is 0 Å². The van der Waals surface area contributed by atoms with Gasteiger partial charge in [-0.3, -0.25) is 9.59 Å². The minimum atomic E-state index is -4.42. The molecule has 2 amide bonds. The van der Waals surface area contributed by atoms with E-state index in [1.165, 1.54) is 12.1 Å². The van der Waals surface area contributed by atoms with Gasteiger partial charge in [-0.15, -0.1) is 0 Å². The van der Waals surface area contributed by atoms with Crippen LogP contribution in [0.1, 0.15) is 24.0 Å². The molecule has 3 N–H and O–H groups in total. The van der Waals surface area contributed by atoms with E-state index in [1.807, 2.05) is 0 Å². The minimum Gasteiger partial charge on any atom is -0.368 e. The van der Waals surface area contributed by atoms with Gasteiger partial charge in [0.05, 0.1) is 5.56 Å². The van der Waals surface area contributed by atoms with Crippen LogP contribution >= 0.6 is 0 Å². The Morgan fingerprint density at radius 3 is 2.43 bits per heavy atom. The Morgan fingerprint density at radius 2 is 1.96 bits per heavy atom. The summed E-state index contributed by atoms with van der Waals surface area (Å²) in [4.78, 5) is 23.4. The third kappa shape index (κ3) is 4.69. The maximum Gasteiger partial charge on any atom is 0.416 e. The van der Waals surface area contributed by atoms with Crippen molar-refractivity contribution in [3.8, 4) is 0 Å². The van der Waals surface area contributed by atoms with Gasteiger partial charge in [0.25, 0.3) is 0 Å². The monoisotopic (exact) mass is 330 g/mol. The predicted molar refractivity (Wildman–Crippen MR) is 75.2 cm³/mol. The lowest BCUT2D eigenvalue weighted by molar-refractivity contribution is -0.137. The molecule has 0 radical (unpaired) electrons. The first kappa shape index (κ1) is 17.3. The zero-order chi connectivity index (χ0) is 17.0. The number of rotatable bonds is 5. The molecule has 0 bridgehead atoms. The molecule has 0 unspecified atom stereocenters. The van der Waals surface area contributed by atoms with Crippen molar-refractivity contribution in [2.24, 2.45) is 5.73 Å². The Hall–Kier alpha value is -2.09. The van der Waals surface area contributed by atoms with Crippen LogP contribution in [0, 0.1) is 0 Å². The van der Waals surface area contributed by atoms with Gasteiger partial charge in [0.2, 0.25) is 11.8 Å². The van der Waals surface area contributed by atoms with Crippen molar-refractivity contribution in [3.63, 3.8) is 0 Å². The third-order valence-corrected chi connectivity index (χ3v) is 3.60. The SMILES string of the molecule is NC(=O)[C@H](Cc1ccc(C(F)(F)F)cc1)NC(=O)[C@@H]1CCCO1. The van der Waals surface area contributed by atoms with Crippen LogP contribution in [-0.4, -0.2) is 30.6 Å². The largest absolute Gasteiger partial charge is 0.416 e. The van der Waals surface area contributed by atoms with Gasteiger partial charge < -0.3 is 15.8 Å². The van der Waals surface area contributed by atoms with Crippen LogP contribution in [0.25, 0.3) is 0 Å². The second-order valence-corrected chi connectivity index (χ2v) is 5.36. The first-order valence-electron chi connectivity index (χ1n) is 7.15. The lowest BCUT2D eigenvalue weighted by Gasteiger charge is -2.18. The number of alkyl halides is 3. The minimum absolute atomic E-state index is 0.0198. The molecule has 1 aliphatic rings. The lowest BCUT2D eigenvalue weighted by atomic mass is 10.0. The second kappa shape index (κ2) is 6.99. The fourth-order valence-electron chi connectivity index (χ4n) is 2.34. The second-order valence-electron chi connectivity index (χ2n) is 5.36. The average molecular weight is 330 g/mol. The summed E-state index contributed by atoms with van der Waals surface area (Å²) in [6.07, 6.45) is -3.68. The van der Waals surface area contributed by atoms with Gasteiger partial charge in [-0.1, -0.05) is 12.1 Å². The molecule has 1 saturated heterocycles. The molecule has 0 aliphatic carbocycles. The Morgan fingerprint density at radius 1 is 1.30 bits per heavy atom. The zero-order valence-corrected chi connectivity index (χ0v) is 12.2. The number of carbonyl (C=O) groups is 2. The zero-order valence-electron chi connectivity index (χ0n) is 12.2. The van der Waals surface area contributed by atoms with Crippen LogP contribution in [0.2, 0.25) is 0 Å². The van der Waals surface area contributed by atoms with Gasteiger partial charge in [0.1, 0.15) is 12.1 Å². The predicted octanol–water partition coefficient (Wildman–Crippen LogP) is 1.40. The summed E-state index contributed by atoms with van der Waals surface area (Å²) in [6.45, 7) is 0.484. The van der Waals surface area contributed by atoms with Gasteiger partial charge in [0.15, 0.2) is 0 Å². The van der Waals surface area contributed by atoms with E-state index in [0.717, 1.165) is 18.6 Å². The van der Waals surface area contributed by atoms with Crippen molar-refractivity contribution in [2.45, 2.75) is 37.6 Å². The van der Waals surface area contributed by atoms with Crippen LogP contribution in [-0.2, 0) is 26.9 Å². The summed E-state index contributed by atoms with van der Waals surface area (Å²) in [6, 6.07) is 3.38. The fraction of sp³-hybridized carbons (Fsp3) is 0.467. The van der Waals surface area contributed by atoms with E-state index in [-0.39, 0.29) is 6.42 Å². The number of hydrogen-bond donors (Lipinski definition) is 2. The molecule has 126 valence electrons. The average Bonchev–Trinajstić information content (AvgIpc) is 3.00.